The maximum absolute atomic E-state index is 12.5. The number of nitrogens with zero attached hydrogens (tertiary/aromatic N) is 1. The van der Waals surface area contributed by atoms with E-state index < -0.39 is 0 Å². The molecular weight excluding hydrogens is 324 g/mol. The molecule has 2 aromatic rings. The lowest BCUT2D eigenvalue weighted by Gasteiger charge is -2.51. The van der Waals surface area contributed by atoms with Crippen LogP contribution in [0.2, 0.25) is 0 Å². The normalized spacial score (nSPS) is 25.5. The van der Waals surface area contributed by atoms with Crippen LogP contribution in [0.4, 0.5) is 0 Å². The Balaban J connectivity index is 1.75. The Bertz CT molecular complexity index is 825. The highest BCUT2D eigenvalue weighted by Crippen LogP contribution is 2.53. The topological polar surface area (TPSA) is 45.3 Å². The van der Waals surface area contributed by atoms with Crippen molar-refractivity contribution in [3.8, 4) is 0 Å². The SMILES string of the molecule is C=CCOC(=O)C[C@]1(CC)CCCN2CCc3c([nH]c4ccccc34)[C@@H]21. The van der Waals surface area contributed by atoms with Crippen LogP contribution in [-0.2, 0) is 16.0 Å². The van der Waals surface area contributed by atoms with Gasteiger partial charge in [-0.25, -0.2) is 0 Å². The van der Waals surface area contributed by atoms with Gasteiger partial charge in [0.1, 0.15) is 6.61 Å². The number of H-pyrrole nitrogens is 1. The summed E-state index contributed by atoms with van der Waals surface area (Å²) in [7, 11) is 0. The number of aromatic nitrogens is 1. The van der Waals surface area contributed by atoms with E-state index in [1.807, 2.05) is 0 Å². The van der Waals surface area contributed by atoms with Crippen molar-refractivity contribution >= 4 is 16.9 Å². The van der Waals surface area contributed by atoms with Crippen molar-refractivity contribution in [2.45, 2.75) is 45.1 Å². The van der Waals surface area contributed by atoms with Crippen molar-refractivity contribution in [3.63, 3.8) is 0 Å². The Labute approximate surface area is 155 Å². The average molecular weight is 352 g/mol. The van der Waals surface area contributed by atoms with Crippen LogP contribution >= 0.6 is 0 Å². The highest BCUT2D eigenvalue weighted by atomic mass is 16.5. The number of benzene rings is 1. The number of nitrogens with one attached hydrogen (secondary N) is 1. The van der Waals surface area contributed by atoms with Gasteiger partial charge in [0.25, 0.3) is 0 Å². The number of piperidine rings is 1. The Morgan fingerprint density at radius 2 is 2.27 bits per heavy atom. The second-order valence-corrected chi connectivity index (χ2v) is 7.72. The van der Waals surface area contributed by atoms with E-state index in [1.54, 1.807) is 6.08 Å². The van der Waals surface area contributed by atoms with Crippen LogP contribution in [0.15, 0.2) is 36.9 Å². The van der Waals surface area contributed by atoms with Crippen LogP contribution < -0.4 is 0 Å². The number of rotatable bonds is 5. The molecule has 4 heteroatoms. The van der Waals surface area contributed by atoms with Crippen LogP contribution in [0.1, 0.15) is 49.9 Å². The molecule has 0 radical (unpaired) electrons. The molecule has 0 saturated carbocycles. The third kappa shape index (κ3) is 2.77. The van der Waals surface area contributed by atoms with E-state index in [0.717, 1.165) is 38.8 Å². The summed E-state index contributed by atoms with van der Waals surface area (Å²) < 4.78 is 5.36. The van der Waals surface area contributed by atoms with Crippen molar-refractivity contribution in [1.29, 1.82) is 0 Å². The molecule has 4 rings (SSSR count). The van der Waals surface area contributed by atoms with Gasteiger partial charge in [0, 0.05) is 28.6 Å². The average Bonchev–Trinajstić information content (AvgIpc) is 3.05. The van der Waals surface area contributed by atoms with E-state index in [1.165, 1.54) is 22.2 Å². The van der Waals surface area contributed by atoms with Crippen molar-refractivity contribution < 1.29 is 9.53 Å². The number of hydrogen-bond acceptors (Lipinski definition) is 3. The minimum Gasteiger partial charge on any atom is -0.461 e. The smallest absolute Gasteiger partial charge is 0.306 e. The zero-order valence-electron chi connectivity index (χ0n) is 15.6. The minimum absolute atomic E-state index is 0.0629. The zero-order valence-corrected chi connectivity index (χ0v) is 15.6. The first-order chi connectivity index (χ1) is 12.7. The summed E-state index contributed by atoms with van der Waals surface area (Å²) in [5.74, 6) is -0.100. The number of aromatic amines is 1. The monoisotopic (exact) mass is 352 g/mol. The molecule has 0 unspecified atom stereocenters. The third-order valence-corrected chi connectivity index (χ3v) is 6.40. The van der Waals surface area contributed by atoms with E-state index in [4.69, 9.17) is 4.74 Å². The quantitative estimate of drug-likeness (QED) is 0.642. The molecule has 0 bridgehead atoms. The summed E-state index contributed by atoms with van der Waals surface area (Å²) in [6, 6.07) is 8.85. The second kappa shape index (κ2) is 6.92. The molecule has 1 N–H and O–H groups in total. The molecule has 0 amide bonds. The van der Waals surface area contributed by atoms with Crippen LogP contribution in [0.5, 0.6) is 0 Å². The third-order valence-electron chi connectivity index (χ3n) is 6.40. The fraction of sp³-hybridized carbons (Fsp3) is 0.500. The zero-order chi connectivity index (χ0) is 18.1. The Morgan fingerprint density at radius 1 is 1.42 bits per heavy atom. The first kappa shape index (κ1) is 17.3. The van der Waals surface area contributed by atoms with E-state index in [2.05, 4.69) is 47.7 Å². The summed E-state index contributed by atoms with van der Waals surface area (Å²) in [5, 5.41) is 1.34. The summed E-state index contributed by atoms with van der Waals surface area (Å²) in [4.78, 5) is 18.8. The molecule has 2 atom stereocenters. The van der Waals surface area contributed by atoms with Gasteiger partial charge in [0.05, 0.1) is 12.5 Å². The van der Waals surface area contributed by atoms with Crippen LogP contribution in [0.25, 0.3) is 10.9 Å². The predicted molar refractivity (Wildman–Crippen MR) is 104 cm³/mol. The summed E-state index contributed by atoms with van der Waals surface area (Å²) in [6.07, 6.45) is 6.40. The van der Waals surface area contributed by atoms with Gasteiger partial charge < -0.3 is 9.72 Å². The van der Waals surface area contributed by atoms with Crippen LogP contribution in [0, 0.1) is 5.41 Å². The first-order valence-electron chi connectivity index (χ1n) is 9.78. The van der Waals surface area contributed by atoms with Crippen LogP contribution in [0.3, 0.4) is 0 Å². The number of hydrogen-bond donors (Lipinski definition) is 1. The number of ether oxygens (including phenoxy) is 1. The Morgan fingerprint density at radius 3 is 3.08 bits per heavy atom. The number of carbonyl (C=O) groups is 1. The second-order valence-electron chi connectivity index (χ2n) is 7.72. The molecule has 138 valence electrons. The molecule has 0 spiro atoms. The number of esters is 1. The summed E-state index contributed by atoms with van der Waals surface area (Å²) in [5.41, 5.74) is 3.92. The van der Waals surface area contributed by atoms with E-state index in [9.17, 15) is 4.79 Å². The fourth-order valence-corrected chi connectivity index (χ4v) is 5.17. The molecule has 1 fully saturated rings. The van der Waals surface area contributed by atoms with Gasteiger partial charge in [-0.05, 0) is 43.9 Å². The lowest BCUT2D eigenvalue weighted by atomic mass is 9.66. The predicted octanol–water partition coefficient (Wildman–Crippen LogP) is 4.38. The van der Waals surface area contributed by atoms with E-state index in [-0.39, 0.29) is 17.4 Å². The Hall–Kier alpha value is -2.07. The fourth-order valence-electron chi connectivity index (χ4n) is 5.17. The molecule has 0 aliphatic carbocycles. The van der Waals surface area contributed by atoms with E-state index >= 15 is 0 Å². The van der Waals surface area contributed by atoms with Gasteiger partial charge in [-0.15, -0.1) is 0 Å². The number of carbonyl (C=O) groups excluding carboxylic acids is 1. The summed E-state index contributed by atoms with van der Waals surface area (Å²) >= 11 is 0. The van der Waals surface area contributed by atoms with Crippen LogP contribution in [-0.4, -0.2) is 35.5 Å². The van der Waals surface area contributed by atoms with Gasteiger partial charge in [0.15, 0.2) is 0 Å². The standard InChI is InChI=1S/C22H28N2O2/c1-3-14-26-19(25)15-22(4-2)11-7-12-24-13-10-17-16-8-5-6-9-18(16)23-20(17)21(22)24/h3,5-6,8-9,21,23H,1,4,7,10-15H2,2H3/t21-,22+/m1/s1. The molecule has 1 saturated heterocycles. The molecule has 26 heavy (non-hydrogen) atoms. The lowest BCUT2D eigenvalue weighted by molar-refractivity contribution is -0.148. The Kier molecular flexibility index (Phi) is 4.62. The molecule has 2 aliphatic rings. The van der Waals surface area contributed by atoms with Gasteiger partial charge in [-0.2, -0.15) is 0 Å². The van der Waals surface area contributed by atoms with E-state index in [0.29, 0.717) is 13.0 Å². The van der Waals surface area contributed by atoms with Gasteiger partial charge in [-0.1, -0.05) is 37.8 Å². The van der Waals surface area contributed by atoms with Gasteiger partial charge in [0.2, 0.25) is 0 Å². The highest BCUT2D eigenvalue weighted by molar-refractivity contribution is 5.85. The maximum atomic E-state index is 12.5. The van der Waals surface area contributed by atoms with Gasteiger partial charge in [-0.3, -0.25) is 9.69 Å². The maximum Gasteiger partial charge on any atom is 0.306 e. The van der Waals surface area contributed by atoms with Crippen molar-refractivity contribution in [2.75, 3.05) is 19.7 Å². The molecule has 1 aromatic carbocycles. The number of para-hydroxylation sites is 1. The highest BCUT2D eigenvalue weighted by Gasteiger charge is 2.48. The number of fused-ring (bicyclic) bond motifs is 5. The molecule has 4 nitrogen and oxygen atoms in total. The minimum atomic E-state index is -0.100. The largest absolute Gasteiger partial charge is 0.461 e. The lowest BCUT2D eigenvalue weighted by Crippen LogP contribution is -2.50. The van der Waals surface area contributed by atoms with Crippen molar-refractivity contribution in [2.24, 2.45) is 5.41 Å². The van der Waals surface area contributed by atoms with Crippen molar-refractivity contribution in [1.82, 2.24) is 9.88 Å². The summed E-state index contributed by atoms with van der Waals surface area (Å²) in [6.45, 7) is 8.35. The first-order valence-corrected chi connectivity index (χ1v) is 9.78. The molecular formula is C22H28N2O2. The van der Waals surface area contributed by atoms with Crippen molar-refractivity contribution in [3.05, 3.63) is 48.2 Å². The van der Waals surface area contributed by atoms with Gasteiger partial charge >= 0.3 is 5.97 Å². The molecule has 1 aromatic heterocycles. The molecule has 2 aliphatic heterocycles. The molecule has 3 heterocycles.